The molecule has 2 heterocycles. The van der Waals surface area contributed by atoms with E-state index < -0.39 is 42.5 Å². The first-order valence-corrected chi connectivity index (χ1v) is 5.34. The van der Waals surface area contributed by atoms with Gasteiger partial charge in [-0.2, -0.15) is 4.39 Å². The first kappa shape index (κ1) is 13.1. The Morgan fingerprint density at radius 3 is 2.67 bits per heavy atom. The maximum atomic E-state index is 13.6. The molecule has 0 aliphatic carbocycles. The predicted molar refractivity (Wildman–Crippen MR) is 56.3 cm³/mol. The fourth-order valence-electron chi connectivity index (χ4n) is 1.85. The van der Waals surface area contributed by atoms with Gasteiger partial charge in [0.2, 0.25) is 5.95 Å². The largest absolute Gasteiger partial charge is 0.394 e. The van der Waals surface area contributed by atoms with Crippen LogP contribution in [0.15, 0.2) is 4.79 Å². The van der Waals surface area contributed by atoms with Crippen molar-refractivity contribution in [3.05, 3.63) is 27.7 Å². The number of nitrogens with one attached hydrogen (secondary N) is 1. The Bertz CT molecular complexity index is 506. The van der Waals surface area contributed by atoms with Gasteiger partial charge in [0.15, 0.2) is 0 Å². The van der Waals surface area contributed by atoms with E-state index in [1.807, 2.05) is 4.98 Å². The lowest BCUT2D eigenvalue weighted by atomic mass is 10.1. The minimum Gasteiger partial charge on any atom is -0.394 e. The summed E-state index contributed by atoms with van der Waals surface area (Å²) in [6.45, 7) is 0.863. The zero-order chi connectivity index (χ0) is 13.4. The maximum absolute atomic E-state index is 13.6. The number of aliphatic hydroxyl groups is 3. The molecule has 2 rings (SSSR count). The van der Waals surface area contributed by atoms with Gasteiger partial charge < -0.3 is 20.1 Å². The van der Waals surface area contributed by atoms with Crippen molar-refractivity contribution in [3.8, 4) is 0 Å². The summed E-state index contributed by atoms with van der Waals surface area (Å²) in [5.74, 6) is -1.03. The molecule has 1 saturated heterocycles. The quantitative estimate of drug-likeness (QED) is 0.507. The van der Waals surface area contributed by atoms with Crippen LogP contribution < -0.4 is 5.56 Å². The van der Waals surface area contributed by atoms with Gasteiger partial charge in [-0.05, 0) is 6.92 Å². The summed E-state index contributed by atoms with van der Waals surface area (Å²) in [7, 11) is 0. The minimum absolute atomic E-state index is 0.0177. The Morgan fingerprint density at radius 2 is 2.11 bits per heavy atom. The zero-order valence-corrected chi connectivity index (χ0v) is 9.50. The van der Waals surface area contributed by atoms with Crippen molar-refractivity contribution in [3.63, 3.8) is 0 Å². The molecule has 0 amide bonds. The molecule has 0 saturated carbocycles. The Labute approximate surface area is 101 Å². The molecular formula is C10H13FN2O5. The Kier molecular flexibility index (Phi) is 3.44. The maximum Gasteiger partial charge on any atom is 0.271 e. The molecule has 8 heteroatoms. The van der Waals surface area contributed by atoms with Crippen molar-refractivity contribution in [1.29, 1.82) is 0 Å². The summed E-state index contributed by atoms with van der Waals surface area (Å²) < 4.78 is 18.7. The van der Waals surface area contributed by atoms with E-state index in [2.05, 4.69) is 4.98 Å². The highest BCUT2D eigenvalue weighted by Crippen LogP contribution is 2.32. The highest BCUT2D eigenvalue weighted by molar-refractivity contribution is 5.12. The van der Waals surface area contributed by atoms with E-state index >= 15 is 0 Å². The topological polar surface area (TPSA) is 116 Å². The van der Waals surface area contributed by atoms with Gasteiger partial charge in [-0.15, -0.1) is 0 Å². The summed E-state index contributed by atoms with van der Waals surface area (Å²) in [6.07, 6.45) is -5.01. The highest BCUT2D eigenvalue weighted by atomic mass is 19.1. The summed E-state index contributed by atoms with van der Waals surface area (Å²) in [5.41, 5.74) is -0.957. The number of aromatic amines is 1. The molecule has 0 aromatic carbocycles. The number of nitrogens with zero attached hydrogens (tertiary/aromatic N) is 1. The number of H-pyrrole nitrogens is 1. The SMILES string of the molecule is Cc1nc([C@@H]2O[C@H](CO)[C@H](O)C2O)c(F)[nH]c1=O. The van der Waals surface area contributed by atoms with E-state index in [0.717, 1.165) is 0 Å². The third-order valence-corrected chi connectivity index (χ3v) is 2.88. The summed E-state index contributed by atoms with van der Waals surface area (Å²) in [5, 5.41) is 28.2. The van der Waals surface area contributed by atoms with Crippen LogP contribution in [-0.2, 0) is 4.74 Å². The van der Waals surface area contributed by atoms with Crippen molar-refractivity contribution in [2.24, 2.45) is 0 Å². The molecular weight excluding hydrogens is 247 g/mol. The number of ether oxygens (including phenoxy) is 1. The highest BCUT2D eigenvalue weighted by Gasteiger charge is 2.45. The second kappa shape index (κ2) is 4.73. The van der Waals surface area contributed by atoms with Crippen LogP contribution in [-0.4, -0.2) is 50.2 Å². The van der Waals surface area contributed by atoms with Crippen LogP contribution in [0.3, 0.4) is 0 Å². The number of aryl methyl sites for hydroxylation is 1. The lowest BCUT2D eigenvalue weighted by Gasteiger charge is -2.14. The van der Waals surface area contributed by atoms with Crippen molar-refractivity contribution in [2.75, 3.05) is 6.61 Å². The Morgan fingerprint density at radius 1 is 1.44 bits per heavy atom. The van der Waals surface area contributed by atoms with E-state index in [1.165, 1.54) is 6.92 Å². The fourth-order valence-corrected chi connectivity index (χ4v) is 1.85. The van der Waals surface area contributed by atoms with Crippen LogP contribution in [0, 0.1) is 12.9 Å². The molecule has 7 nitrogen and oxygen atoms in total. The van der Waals surface area contributed by atoms with Gasteiger partial charge in [0, 0.05) is 0 Å². The van der Waals surface area contributed by atoms with Crippen LogP contribution in [0.25, 0.3) is 0 Å². The molecule has 1 aliphatic rings. The summed E-state index contributed by atoms with van der Waals surface area (Å²) in [6, 6.07) is 0. The second-order valence-electron chi connectivity index (χ2n) is 4.11. The van der Waals surface area contributed by atoms with E-state index in [4.69, 9.17) is 9.84 Å². The molecule has 0 radical (unpaired) electrons. The molecule has 4 N–H and O–H groups in total. The zero-order valence-electron chi connectivity index (χ0n) is 9.50. The van der Waals surface area contributed by atoms with Crippen molar-refractivity contribution < 1.29 is 24.4 Å². The number of halogens is 1. The van der Waals surface area contributed by atoms with Crippen molar-refractivity contribution in [2.45, 2.75) is 31.3 Å². The molecule has 1 aromatic heterocycles. The monoisotopic (exact) mass is 260 g/mol. The fraction of sp³-hybridized carbons (Fsp3) is 0.600. The number of hydrogen-bond acceptors (Lipinski definition) is 6. The molecule has 1 aromatic rings. The predicted octanol–water partition coefficient (Wildman–Crippen LogP) is -1.63. The normalized spacial score (nSPS) is 31.8. The Balaban J connectivity index is 2.38. The van der Waals surface area contributed by atoms with Crippen LogP contribution >= 0.6 is 0 Å². The molecule has 0 spiro atoms. The van der Waals surface area contributed by atoms with Crippen LogP contribution in [0.2, 0.25) is 0 Å². The standard InChI is InChI=1S/C10H13FN2O5/c1-3-10(17)13-9(11)5(12-3)8-7(16)6(15)4(2-14)18-8/h4,6-8,14-16H,2H2,1H3,(H,13,17)/t4-,6+,7?,8+/m1/s1. The van der Waals surface area contributed by atoms with Crippen molar-refractivity contribution >= 4 is 0 Å². The van der Waals surface area contributed by atoms with Gasteiger partial charge in [-0.1, -0.05) is 0 Å². The average molecular weight is 260 g/mol. The molecule has 18 heavy (non-hydrogen) atoms. The van der Waals surface area contributed by atoms with E-state index in [-0.39, 0.29) is 11.4 Å². The minimum atomic E-state index is -1.42. The van der Waals surface area contributed by atoms with Gasteiger partial charge in [0.05, 0.1) is 6.61 Å². The van der Waals surface area contributed by atoms with Gasteiger partial charge in [-0.25, -0.2) is 4.98 Å². The smallest absolute Gasteiger partial charge is 0.271 e. The molecule has 1 aliphatic heterocycles. The van der Waals surface area contributed by atoms with Gasteiger partial charge >= 0.3 is 0 Å². The molecule has 1 unspecified atom stereocenters. The van der Waals surface area contributed by atoms with Crippen LogP contribution in [0.1, 0.15) is 17.5 Å². The Hall–Kier alpha value is -1.35. The van der Waals surface area contributed by atoms with Crippen molar-refractivity contribution in [1.82, 2.24) is 9.97 Å². The van der Waals surface area contributed by atoms with E-state index in [9.17, 15) is 19.4 Å². The second-order valence-corrected chi connectivity index (χ2v) is 4.11. The summed E-state index contributed by atoms with van der Waals surface area (Å²) in [4.78, 5) is 16.8. The number of aliphatic hydroxyl groups excluding tert-OH is 3. The van der Waals surface area contributed by atoms with E-state index in [1.54, 1.807) is 0 Å². The molecule has 100 valence electrons. The van der Waals surface area contributed by atoms with Gasteiger partial charge in [-0.3, -0.25) is 9.78 Å². The lowest BCUT2D eigenvalue weighted by Crippen LogP contribution is -2.32. The molecule has 4 atom stereocenters. The molecule has 1 fully saturated rings. The first-order valence-electron chi connectivity index (χ1n) is 5.34. The third-order valence-electron chi connectivity index (χ3n) is 2.88. The van der Waals surface area contributed by atoms with Crippen LogP contribution in [0.5, 0.6) is 0 Å². The van der Waals surface area contributed by atoms with E-state index in [0.29, 0.717) is 0 Å². The van der Waals surface area contributed by atoms with Crippen LogP contribution in [0.4, 0.5) is 4.39 Å². The lowest BCUT2D eigenvalue weighted by molar-refractivity contribution is -0.0253. The van der Waals surface area contributed by atoms with Gasteiger partial charge in [0.1, 0.15) is 35.8 Å². The molecule has 0 bridgehead atoms. The summed E-state index contributed by atoms with van der Waals surface area (Å²) >= 11 is 0. The van der Waals surface area contributed by atoms with Gasteiger partial charge in [0.25, 0.3) is 5.56 Å². The first-order chi connectivity index (χ1) is 8.45. The average Bonchev–Trinajstić information content (AvgIpc) is 2.61. The number of hydrogen-bond donors (Lipinski definition) is 4. The number of rotatable bonds is 2. The number of aromatic nitrogens is 2. The third kappa shape index (κ3) is 2.03.